The number of hydrogen-bond acceptors (Lipinski definition) is 4. The van der Waals surface area contributed by atoms with Gasteiger partial charge in [-0.2, -0.15) is 0 Å². The SMILES string of the molecule is COC(=O)c1ccc(CNC(=O)C(C)SCc2cccc3ccccc23)cc1. The number of benzene rings is 3. The van der Waals surface area contributed by atoms with Gasteiger partial charge in [0.2, 0.25) is 5.91 Å². The number of thioether (sulfide) groups is 1. The number of nitrogens with one attached hydrogen (secondary N) is 1. The van der Waals surface area contributed by atoms with Crippen LogP contribution in [0.15, 0.2) is 66.7 Å². The van der Waals surface area contributed by atoms with Gasteiger partial charge in [-0.05, 0) is 41.0 Å². The van der Waals surface area contributed by atoms with Gasteiger partial charge < -0.3 is 10.1 Å². The van der Waals surface area contributed by atoms with E-state index in [2.05, 4.69) is 40.4 Å². The van der Waals surface area contributed by atoms with Crippen molar-refractivity contribution in [3.8, 4) is 0 Å². The summed E-state index contributed by atoms with van der Waals surface area (Å²) < 4.78 is 4.68. The van der Waals surface area contributed by atoms with Crippen LogP contribution < -0.4 is 5.32 Å². The van der Waals surface area contributed by atoms with E-state index in [4.69, 9.17) is 0 Å². The Kier molecular flexibility index (Phi) is 6.71. The lowest BCUT2D eigenvalue weighted by Gasteiger charge is -2.13. The first-order valence-electron chi connectivity index (χ1n) is 9.11. The minimum absolute atomic E-state index is 0.00211. The van der Waals surface area contributed by atoms with Crippen molar-refractivity contribution >= 4 is 34.4 Å². The van der Waals surface area contributed by atoms with Crippen molar-refractivity contribution in [2.75, 3.05) is 7.11 Å². The Morgan fingerprint density at radius 2 is 1.71 bits per heavy atom. The molecular weight excluding hydrogens is 370 g/mol. The second-order valence-electron chi connectivity index (χ2n) is 6.50. The Labute approximate surface area is 169 Å². The van der Waals surface area contributed by atoms with Gasteiger partial charge in [0.15, 0.2) is 0 Å². The fourth-order valence-corrected chi connectivity index (χ4v) is 3.83. The second kappa shape index (κ2) is 9.42. The average molecular weight is 394 g/mol. The van der Waals surface area contributed by atoms with Gasteiger partial charge in [0.1, 0.15) is 0 Å². The van der Waals surface area contributed by atoms with Crippen LogP contribution in [-0.4, -0.2) is 24.2 Å². The first kappa shape index (κ1) is 20.0. The number of carbonyl (C=O) groups excluding carboxylic acids is 2. The highest BCUT2D eigenvalue weighted by Crippen LogP contribution is 2.25. The van der Waals surface area contributed by atoms with Crippen LogP contribution in [0, 0.1) is 0 Å². The maximum Gasteiger partial charge on any atom is 0.337 e. The van der Waals surface area contributed by atoms with E-state index in [0.29, 0.717) is 12.1 Å². The highest BCUT2D eigenvalue weighted by atomic mass is 32.2. The third-order valence-electron chi connectivity index (χ3n) is 4.58. The summed E-state index contributed by atoms with van der Waals surface area (Å²) in [5.41, 5.74) is 2.67. The number of rotatable bonds is 7. The first-order valence-corrected chi connectivity index (χ1v) is 10.2. The van der Waals surface area contributed by atoms with Gasteiger partial charge in [-0.1, -0.05) is 54.6 Å². The Morgan fingerprint density at radius 3 is 2.46 bits per heavy atom. The molecule has 0 aliphatic heterocycles. The zero-order chi connectivity index (χ0) is 19.9. The van der Waals surface area contributed by atoms with Crippen molar-refractivity contribution < 1.29 is 14.3 Å². The van der Waals surface area contributed by atoms with Crippen molar-refractivity contribution in [2.45, 2.75) is 24.5 Å². The highest BCUT2D eigenvalue weighted by molar-refractivity contribution is 7.99. The van der Waals surface area contributed by atoms with Crippen molar-refractivity contribution in [3.63, 3.8) is 0 Å². The van der Waals surface area contributed by atoms with E-state index in [0.717, 1.165) is 11.3 Å². The Bertz CT molecular complexity index is 964. The molecule has 144 valence electrons. The maximum absolute atomic E-state index is 12.4. The summed E-state index contributed by atoms with van der Waals surface area (Å²) >= 11 is 1.62. The molecule has 0 spiro atoms. The van der Waals surface area contributed by atoms with Gasteiger partial charge in [0.25, 0.3) is 0 Å². The number of fused-ring (bicyclic) bond motifs is 1. The molecule has 3 aromatic rings. The normalized spacial score (nSPS) is 11.8. The van der Waals surface area contributed by atoms with E-state index >= 15 is 0 Å². The molecule has 0 saturated heterocycles. The molecule has 0 heterocycles. The van der Waals surface area contributed by atoms with Crippen LogP contribution in [-0.2, 0) is 21.8 Å². The van der Waals surface area contributed by atoms with Crippen LogP contribution in [0.2, 0.25) is 0 Å². The number of amides is 1. The summed E-state index contributed by atoms with van der Waals surface area (Å²) in [6, 6.07) is 21.6. The monoisotopic (exact) mass is 393 g/mol. The molecule has 1 amide bonds. The van der Waals surface area contributed by atoms with Crippen molar-refractivity contribution in [3.05, 3.63) is 83.4 Å². The van der Waals surface area contributed by atoms with Crippen LogP contribution in [0.5, 0.6) is 0 Å². The molecule has 5 heteroatoms. The fraction of sp³-hybridized carbons (Fsp3) is 0.217. The topological polar surface area (TPSA) is 55.4 Å². The first-order chi connectivity index (χ1) is 13.6. The molecule has 1 N–H and O–H groups in total. The quantitative estimate of drug-likeness (QED) is 0.598. The summed E-state index contributed by atoms with van der Waals surface area (Å²) in [4.78, 5) is 23.9. The molecule has 0 saturated carbocycles. The summed E-state index contributed by atoms with van der Waals surface area (Å²) in [6.07, 6.45) is 0. The van der Waals surface area contributed by atoms with Crippen LogP contribution in [0.1, 0.15) is 28.4 Å². The minimum atomic E-state index is -0.367. The molecule has 0 aliphatic rings. The molecule has 28 heavy (non-hydrogen) atoms. The fourth-order valence-electron chi connectivity index (χ4n) is 2.92. The third-order valence-corrected chi connectivity index (χ3v) is 5.77. The zero-order valence-electron chi connectivity index (χ0n) is 16.0. The number of hydrogen-bond donors (Lipinski definition) is 1. The molecule has 4 nitrogen and oxygen atoms in total. The molecule has 0 aromatic heterocycles. The van der Waals surface area contributed by atoms with Crippen molar-refractivity contribution in [2.24, 2.45) is 0 Å². The van der Waals surface area contributed by atoms with Gasteiger partial charge >= 0.3 is 5.97 Å². The minimum Gasteiger partial charge on any atom is -0.465 e. The maximum atomic E-state index is 12.4. The number of ether oxygens (including phenoxy) is 1. The van der Waals surface area contributed by atoms with Crippen molar-refractivity contribution in [1.82, 2.24) is 5.32 Å². The molecular formula is C23H23NO3S. The smallest absolute Gasteiger partial charge is 0.337 e. The Balaban J connectivity index is 1.52. The molecule has 1 atom stereocenters. The van der Waals surface area contributed by atoms with E-state index in [1.807, 2.05) is 31.2 Å². The molecule has 0 radical (unpaired) electrons. The van der Waals surface area contributed by atoms with Crippen LogP contribution in [0.4, 0.5) is 0 Å². The molecule has 0 bridgehead atoms. The molecule has 3 rings (SSSR count). The number of carbonyl (C=O) groups is 2. The lowest BCUT2D eigenvalue weighted by atomic mass is 10.1. The largest absolute Gasteiger partial charge is 0.465 e. The molecule has 1 unspecified atom stereocenters. The standard InChI is InChI=1S/C23H23NO3S/c1-16(28-15-20-8-5-7-18-6-3-4-9-21(18)20)22(25)24-14-17-10-12-19(13-11-17)23(26)27-2/h3-13,16H,14-15H2,1-2H3,(H,24,25). The van der Waals surface area contributed by atoms with E-state index in [9.17, 15) is 9.59 Å². The Morgan fingerprint density at radius 1 is 1.00 bits per heavy atom. The molecule has 0 fully saturated rings. The predicted molar refractivity (Wildman–Crippen MR) is 114 cm³/mol. The van der Waals surface area contributed by atoms with Crippen LogP contribution >= 0.6 is 11.8 Å². The van der Waals surface area contributed by atoms with Crippen molar-refractivity contribution in [1.29, 1.82) is 0 Å². The lowest BCUT2D eigenvalue weighted by molar-refractivity contribution is -0.120. The van der Waals surface area contributed by atoms with Crippen LogP contribution in [0.3, 0.4) is 0 Å². The molecule has 3 aromatic carbocycles. The summed E-state index contributed by atoms with van der Waals surface area (Å²) in [7, 11) is 1.35. The van der Waals surface area contributed by atoms with Gasteiger partial charge in [-0.15, -0.1) is 11.8 Å². The zero-order valence-corrected chi connectivity index (χ0v) is 16.8. The van der Waals surface area contributed by atoms with Gasteiger partial charge in [-0.25, -0.2) is 4.79 Å². The van der Waals surface area contributed by atoms with E-state index in [1.54, 1.807) is 23.9 Å². The number of methoxy groups -OCH3 is 1. The lowest BCUT2D eigenvalue weighted by Crippen LogP contribution is -2.30. The number of esters is 1. The van der Waals surface area contributed by atoms with Gasteiger partial charge in [0, 0.05) is 12.3 Å². The van der Waals surface area contributed by atoms with Gasteiger partial charge in [0.05, 0.1) is 17.9 Å². The third kappa shape index (κ3) is 4.93. The van der Waals surface area contributed by atoms with E-state index in [-0.39, 0.29) is 17.1 Å². The Hall–Kier alpha value is -2.79. The average Bonchev–Trinajstić information content (AvgIpc) is 2.75. The predicted octanol–water partition coefficient (Wildman–Crippen LogP) is 4.56. The summed E-state index contributed by atoms with van der Waals surface area (Å²) in [5.74, 6) is 0.417. The highest BCUT2D eigenvalue weighted by Gasteiger charge is 2.14. The summed E-state index contributed by atoms with van der Waals surface area (Å²) in [6.45, 7) is 2.35. The van der Waals surface area contributed by atoms with Gasteiger partial charge in [-0.3, -0.25) is 4.79 Å². The second-order valence-corrected chi connectivity index (χ2v) is 7.83. The van der Waals surface area contributed by atoms with E-state index < -0.39 is 0 Å². The summed E-state index contributed by atoms with van der Waals surface area (Å²) in [5, 5.41) is 5.25. The van der Waals surface area contributed by atoms with E-state index in [1.165, 1.54) is 23.4 Å². The molecule has 0 aliphatic carbocycles. The van der Waals surface area contributed by atoms with Crippen LogP contribution in [0.25, 0.3) is 10.8 Å².